The van der Waals surface area contributed by atoms with Crippen LogP contribution in [0.2, 0.25) is 0 Å². The highest BCUT2D eigenvalue weighted by Gasteiger charge is 2.07. The highest BCUT2D eigenvalue weighted by atomic mass is 16.5. The molecule has 0 aliphatic carbocycles. The number of benzene rings is 1. The number of hydrogen-bond donors (Lipinski definition) is 1. The van der Waals surface area contributed by atoms with Gasteiger partial charge in [-0.05, 0) is 30.9 Å². The van der Waals surface area contributed by atoms with Crippen molar-refractivity contribution < 1.29 is 14.3 Å². The maximum absolute atomic E-state index is 11.8. The van der Waals surface area contributed by atoms with Gasteiger partial charge in [-0.2, -0.15) is 0 Å². The molecule has 23 heavy (non-hydrogen) atoms. The summed E-state index contributed by atoms with van der Waals surface area (Å²) in [6.45, 7) is 7.67. The largest absolute Gasteiger partial charge is 0.377 e. The van der Waals surface area contributed by atoms with Gasteiger partial charge in [0.2, 0.25) is 5.91 Å². The van der Waals surface area contributed by atoms with Crippen LogP contribution >= 0.6 is 0 Å². The summed E-state index contributed by atoms with van der Waals surface area (Å²) in [6, 6.07) is 8.06. The van der Waals surface area contributed by atoms with E-state index in [0.29, 0.717) is 32.6 Å². The molecule has 0 unspecified atom stereocenters. The molecule has 0 aromatic heterocycles. The molecule has 0 aliphatic heterocycles. The Bertz CT molecular complexity index is 480. The molecule has 4 nitrogen and oxygen atoms in total. The summed E-state index contributed by atoms with van der Waals surface area (Å²) in [5, 5.41) is 2.92. The third kappa shape index (κ3) is 8.50. The Kier molecular flexibility index (Phi) is 9.22. The third-order valence-electron chi connectivity index (χ3n) is 3.71. The highest BCUT2D eigenvalue weighted by Crippen LogP contribution is 2.08. The van der Waals surface area contributed by atoms with Gasteiger partial charge in [0.05, 0.1) is 6.61 Å². The van der Waals surface area contributed by atoms with E-state index >= 15 is 0 Å². The maximum Gasteiger partial charge on any atom is 0.220 e. The Balaban J connectivity index is 2.19. The first-order chi connectivity index (χ1) is 11.0. The van der Waals surface area contributed by atoms with E-state index in [1.165, 1.54) is 0 Å². The van der Waals surface area contributed by atoms with E-state index < -0.39 is 0 Å². The van der Waals surface area contributed by atoms with Gasteiger partial charge in [0.15, 0.2) is 0 Å². The molecule has 0 spiro atoms. The van der Waals surface area contributed by atoms with Crippen molar-refractivity contribution in [3.8, 4) is 0 Å². The maximum atomic E-state index is 11.8. The minimum atomic E-state index is 0.0420. The molecule has 128 valence electrons. The first-order valence-corrected chi connectivity index (χ1v) is 8.48. The van der Waals surface area contributed by atoms with Gasteiger partial charge in [0.25, 0.3) is 0 Å². The number of hydrogen-bond acceptors (Lipinski definition) is 3. The molecule has 0 aliphatic rings. The van der Waals surface area contributed by atoms with Crippen LogP contribution in [0, 0.1) is 5.92 Å². The van der Waals surface area contributed by atoms with Crippen LogP contribution in [0.1, 0.15) is 57.6 Å². The summed E-state index contributed by atoms with van der Waals surface area (Å²) in [6.07, 6.45) is 2.61. The predicted molar refractivity (Wildman–Crippen MR) is 91.9 cm³/mol. The fourth-order valence-electron chi connectivity index (χ4n) is 2.14. The number of ketones is 1. The summed E-state index contributed by atoms with van der Waals surface area (Å²) < 4.78 is 5.35. The molecule has 0 bridgehead atoms. The molecule has 0 heterocycles. The minimum Gasteiger partial charge on any atom is -0.377 e. The Labute approximate surface area is 139 Å². The summed E-state index contributed by atoms with van der Waals surface area (Å²) in [7, 11) is 0. The van der Waals surface area contributed by atoms with Crippen molar-refractivity contribution in [2.24, 2.45) is 5.92 Å². The number of unbranched alkanes of at least 4 members (excludes halogenated alkanes) is 1. The van der Waals surface area contributed by atoms with Crippen LogP contribution in [0.15, 0.2) is 24.3 Å². The van der Waals surface area contributed by atoms with Crippen molar-refractivity contribution >= 4 is 11.7 Å². The van der Waals surface area contributed by atoms with Crippen LogP contribution in [0.5, 0.6) is 0 Å². The van der Waals surface area contributed by atoms with Gasteiger partial charge in [-0.15, -0.1) is 0 Å². The summed E-state index contributed by atoms with van der Waals surface area (Å²) in [5.74, 6) is 0.410. The SMILES string of the molecule is CCOCc1ccc(CNC(=O)CCCCC(=O)C(C)C)cc1. The molecule has 1 N–H and O–H groups in total. The fraction of sp³-hybridized carbons (Fsp3) is 0.579. The lowest BCUT2D eigenvalue weighted by atomic mass is 10.0. The molecular weight excluding hydrogens is 290 g/mol. The lowest BCUT2D eigenvalue weighted by Gasteiger charge is -2.07. The van der Waals surface area contributed by atoms with Crippen molar-refractivity contribution in [3.05, 3.63) is 35.4 Å². The second kappa shape index (κ2) is 10.9. The summed E-state index contributed by atoms with van der Waals surface area (Å²) >= 11 is 0. The Morgan fingerprint density at radius 1 is 1.04 bits per heavy atom. The average molecular weight is 319 g/mol. The van der Waals surface area contributed by atoms with Gasteiger partial charge >= 0.3 is 0 Å². The van der Waals surface area contributed by atoms with Crippen molar-refractivity contribution in [2.45, 2.75) is 59.6 Å². The second-order valence-corrected chi connectivity index (χ2v) is 6.06. The van der Waals surface area contributed by atoms with Crippen molar-refractivity contribution in [2.75, 3.05) is 6.61 Å². The van der Waals surface area contributed by atoms with E-state index in [4.69, 9.17) is 4.74 Å². The minimum absolute atomic E-state index is 0.0420. The van der Waals surface area contributed by atoms with Crippen molar-refractivity contribution in [1.82, 2.24) is 5.32 Å². The topological polar surface area (TPSA) is 55.4 Å². The summed E-state index contributed by atoms with van der Waals surface area (Å²) in [4.78, 5) is 23.3. The van der Waals surface area contributed by atoms with Crippen LogP contribution in [0.25, 0.3) is 0 Å². The van der Waals surface area contributed by atoms with E-state index in [9.17, 15) is 9.59 Å². The lowest BCUT2D eigenvalue weighted by molar-refractivity contribution is -0.123. The average Bonchev–Trinajstić information content (AvgIpc) is 2.55. The van der Waals surface area contributed by atoms with Crippen LogP contribution in [-0.2, 0) is 27.5 Å². The molecule has 1 aromatic carbocycles. The zero-order chi connectivity index (χ0) is 17.1. The summed E-state index contributed by atoms with van der Waals surface area (Å²) in [5.41, 5.74) is 2.21. The number of amides is 1. The zero-order valence-electron chi connectivity index (χ0n) is 14.6. The number of ether oxygens (including phenoxy) is 1. The molecule has 4 heteroatoms. The molecule has 1 aromatic rings. The number of nitrogens with one attached hydrogen (secondary N) is 1. The van der Waals surface area contributed by atoms with E-state index in [-0.39, 0.29) is 17.6 Å². The first-order valence-electron chi connectivity index (χ1n) is 8.48. The smallest absolute Gasteiger partial charge is 0.220 e. The molecular formula is C19H29NO3. The van der Waals surface area contributed by atoms with Crippen LogP contribution in [0.3, 0.4) is 0 Å². The molecule has 1 rings (SSSR count). The van der Waals surface area contributed by atoms with Gasteiger partial charge in [-0.1, -0.05) is 38.1 Å². The zero-order valence-corrected chi connectivity index (χ0v) is 14.6. The third-order valence-corrected chi connectivity index (χ3v) is 3.71. The number of Topliss-reactive ketones (excluding diaryl/α,β-unsaturated/α-hetero) is 1. The first kappa shape index (κ1) is 19.4. The van der Waals surface area contributed by atoms with Crippen LogP contribution in [0.4, 0.5) is 0 Å². The lowest BCUT2D eigenvalue weighted by Crippen LogP contribution is -2.22. The molecule has 0 radical (unpaired) electrons. The molecule has 1 amide bonds. The highest BCUT2D eigenvalue weighted by molar-refractivity contribution is 5.80. The predicted octanol–water partition coefficient (Wildman–Crippen LogP) is 3.62. The van der Waals surface area contributed by atoms with Crippen molar-refractivity contribution in [3.63, 3.8) is 0 Å². The Hall–Kier alpha value is -1.68. The Morgan fingerprint density at radius 3 is 2.26 bits per heavy atom. The monoisotopic (exact) mass is 319 g/mol. The standard InChI is InChI=1S/C19H29NO3/c1-4-23-14-17-11-9-16(10-12-17)13-20-19(22)8-6-5-7-18(21)15(2)3/h9-12,15H,4-8,13-14H2,1-3H3,(H,20,22). The number of rotatable bonds is 11. The normalized spacial score (nSPS) is 10.8. The Morgan fingerprint density at radius 2 is 1.65 bits per heavy atom. The van der Waals surface area contributed by atoms with E-state index in [1.54, 1.807) is 0 Å². The van der Waals surface area contributed by atoms with Gasteiger partial charge in [-0.25, -0.2) is 0 Å². The van der Waals surface area contributed by atoms with Crippen LogP contribution in [-0.4, -0.2) is 18.3 Å². The van der Waals surface area contributed by atoms with Gasteiger partial charge in [0.1, 0.15) is 5.78 Å². The number of carbonyl (C=O) groups excluding carboxylic acids is 2. The van der Waals surface area contributed by atoms with Crippen molar-refractivity contribution in [1.29, 1.82) is 0 Å². The number of carbonyl (C=O) groups is 2. The molecule has 0 saturated heterocycles. The van der Waals surface area contributed by atoms with Gasteiger partial charge < -0.3 is 10.1 Å². The molecule has 0 saturated carbocycles. The van der Waals surface area contributed by atoms with Gasteiger partial charge in [0, 0.05) is 31.9 Å². The van der Waals surface area contributed by atoms with E-state index in [1.807, 2.05) is 45.0 Å². The van der Waals surface area contributed by atoms with Gasteiger partial charge in [-0.3, -0.25) is 9.59 Å². The molecule has 0 fully saturated rings. The molecule has 0 atom stereocenters. The quantitative estimate of drug-likeness (QED) is 0.634. The second-order valence-electron chi connectivity index (χ2n) is 6.06. The van der Waals surface area contributed by atoms with E-state index in [0.717, 1.165) is 24.0 Å². The van der Waals surface area contributed by atoms with Crippen LogP contribution < -0.4 is 5.32 Å². The fourth-order valence-corrected chi connectivity index (χ4v) is 2.14. The van der Waals surface area contributed by atoms with E-state index in [2.05, 4.69) is 5.32 Å².